The van der Waals surface area contributed by atoms with Gasteiger partial charge in [-0.3, -0.25) is 4.79 Å². The monoisotopic (exact) mass is 219 g/mol. The molecule has 1 aromatic carbocycles. The lowest BCUT2D eigenvalue weighted by molar-refractivity contribution is 0.524. The summed E-state index contributed by atoms with van der Waals surface area (Å²) in [6, 6.07) is 6.34. The molecule has 0 atom stereocenters. The van der Waals surface area contributed by atoms with Gasteiger partial charge in [0.25, 0.3) is 0 Å². The van der Waals surface area contributed by atoms with Crippen molar-refractivity contribution in [2.45, 2.75) is 26.2 Å². The molecule has 0 fully saturated rings. The molecular weight excluding hydrogens is 205 g/mol. The minimum absolute atomic E-state index is 0.213. The lowest BCUT2D eigenvalue weighted by atomic mass is 9.86. The van der Waals surface area contributed by atoms with Crippen molar-refractivity contribution < 1.29 is 4.39 Å². The van der Waals surface area contributed by atoms with Crippen molar-refractivity contribution in [2.75, 3.05) is 0 Å². The number of rotatable bonds is 0. The Morgan fingerprint density at radius 2 is 1.88 bits per heavy atom. The van der Waals surface area contributed by atoms with Gasteiger partial charge in [-0.15, -0.1) is 0 Å². The van der Waals surface area contributed by atoms with Crippen LogP contribution in [0.15, 0.2) is 29.1 Å². The summed E-state index contributed by atoms with van der Waals surface area (Å²) in [5.74, 6) is -0.276. The molecule has 2 aromatic rings. The Morgan fingerprint density at radius 3 is 2.50 bits per heavy atom. The molecule has 0 bridgehead atoms. The van der Waals surface area contributed by atoms with E-state index in [1.807, 2.05) is 20.8 Å². The molecule has 0 spiro atoms. The third-order valence-electron chi connectivity index (χ3n) is 2.62. The first-order chi connectivity index (χ1) is 7.38. The van der Waals surface area contributed by atoms with Gasteiger partial charge in [-0.05, 0) is 34.6 Å². The molecule has 3 heteroatoms. The van der Waals surface area contributed by atoms with Gasteiger partial charge in [0.2, 0.25) is 5.56 Å². The number of nitrogens with one attached hydrogen (secondary N) is 1. The van der Waals surface area contributed by atoms with Crippen LogP contribution >= 0.6 is 0 Å². The molecule has 2 rings (SSSR count). The third kappa shape index (κ3) is 1.85. The second-order valence-electron chi connectivity index (χ2n) is 4.99. The zero-order valence-electron chi connectivity index (χ0n) is 9.60. The molecule has 0 saturated carbocycles. The fourth-order valence-corrected chi connectivity index (χ4v) is 1.75. The quantitative estimate of drug-likeness (QED) is 0.726. The van der Waals surface area contributed by atoms with Gasteiger partial charge in [0, 0.05) is 6.07 Å². The normalized spacial score (nSPS) is 12.0. The van der Waals surface area contributed by atoms with Gasteiger partial charge in [0.1, 0.15) is 5.82 Å². The number of aromatic amines is 1. The maximum Gasteiger partial charge on any atom is 0.248 e. The van der Waals surface area contributed by atoms with Crippen LogP contribution in [0.4, 0.5) is 4.39 Å². The van der Waals surface area contributed by atoms with Gasteiger partial charge in [0.15, 0.2) is 0 Å². The Kier molecular flexibility index (Phi) is 2.34. The molecule has 1 aromatic heterocycles. The second-order valence-corrected chi connectivity index (χ2v) is 4.99. The van der Waals surface area contributed by atoms with Gasteiger partial charge >= 0.3 is 0 Å². The van der Waals surface area contributed by atoms with Crippen molar-refractivity contribution in [3.63, 3.8) is 0 Å². The summed E-state index contributed by atoms with van der Waals surface area (Å²) in [5, 5.41) is 0.853. The van der Waals surface area contributed by atoms with E-state index in [0.717, 1.165) is 5.39 Å². The van der Waals surface area contributed by atoms with Crippen molar-refractivity contribution in [3.05, 3.63) is 46.0 Å². The number of benzene rings is 1. The third-order valence-corrected chi connectivity index (χ3v) is 2.62. The van der Waals surface area contributed by atoms with E-state index < -0.39 is 0 Å². The fraction of sp³-hybridized carbons (Fsp3) is 0.308. The van der Waals surface area contributed by atoms with E-state index >= 15 is 0 Å². The highest BCUT2D eigenvalue weighted by Gasteiger charge is 2.18. The van der Waals surface area contributed by atoms with Gasteiger partial charge < -0.3 is 4.98 Å². The molecule has 0 aliphatic rings. The first-order valence-electron chi connectivity index (χ1n) is 5.21. The lowest BCUT2D eigenvalue weighted by Crippen LogP contribution is -2.14. The maximum absolute atomic E-state index is 13.8. The molecule has 0 unspecified atom stereocenters. The van der Waals surface area contributed by atoms with Crippen LogP contribution in [-0.4, -0.2) is 4.98 Å². The van der Waals surface area contributed by atoms with E-state index in [0.29, 0.717) is 11.1 Å². The summed E-state index contributed by atoms with van der Waals surface area (Å²) in [7, 11) is 0. The molecule has 1 heterocycles. The first-order valence-corrected chi connectivity index (χ1v) is 5.21. The van der Waals surface area contributed by atoms with Crippen LogP contribution in [0.1, 0.15) is 26.3 Å². The van der Waals surface area contributed by atoms with Crippen LogP contribution in [0.3, 0.4) is 0 Å². The standard InChI is InChI=1S/C13H14FNO/c1-13(2,3)9-6-8-4-5-12(16)15-11(8)7-10(9)14/h4-7H,1-3H3,(H,15,16). The SMILES string of the molecule is CC(C)(C)c1cc2ccc(=O)[nH]c2cc1F. The lowest BCUT2D eigenvalue weighted by Gasteiger charge is -2.20. The second kappa shape index (κ2) is 3.44. The predicted molar refractivity (Wildman–Crippen MR) is 63.2 cm³/mol. The van der Waals surface area contributed by atoms with E-state index in [1.165, 1.54) is 12.1 Å². The zero-order valence-corrected chi connectivity index (χ0v) is 9.60. The van der Waals surface area contributed by atoms with E-state index in [1.54, 1.807) is 12.1 Å². The molecule has 1 N–H and O–H groups in total. The summed E-state index contributed by atoms with van der Waals surface area (Å²) in [6.45, 7) is 5.88. The van der Waals surface area contributed by atoms with Crippen molar-refractivity contribution >= 4 is 10.9 Å². The van der Waals surface area contributed by atoms with Gasteiger partial charge in [0.05, 0.1) is 5.52 Å². The molecule has 0 radical (unpaired) electrons. The van der Waals surface area contributed by atoms with Crippen molar-refractivity contribution in [3.8, 4) is 0 Å². The minimum Gasteiger partial charge on any atom is -0.322 e. The number of fused-ring (bicyclic) bond motifs is 1. The van der Waals surface area contributed by atoms with Gasteiger partial charge in [-0.1, -0.05) is 20.8 Å². The number of aromatic nitrogens is 1. The fourth-order valence-electron chi connectivity index (χ4n) is 1.75. The van der Waals surface area contributed by atoms with E-state index in [2.05, 4.69) is 4.98 Å². The zero-order chi connectivity index (χ0) is 11.9. The Morgan fingerprint density at radius 1 is 1.19 bits per heavy atom. The Balaban J connectivity index is 2.77. The van der Waals surface area contributed by atoms with Crippen LogP contribution in [0.5, 0.6) is 0 Å². The van der Waals surface area contributed by atoms with Crippen LogP contribution < -0.4 is 5.56 Å². The van der Waals surface area contributed by atoms with E-state index in [4.69, 9.17) is 0 Å². The van der Waals surface area contributed by atoms with Crippen molar-refractivity contribution in [2.24, 2.45) is 0 Å². The molecule has 0 saturated heterocycles. The number of hydrogen-bond acceptors (Lipinski definition) is 1. The van der Waals surface area contributed by atoms with Crippen molar-refractivity contribution in [1.82, 2.24) is 4.98 Å². The number of halogens is 1. The highest BCUT2D eigenvalue weighted by molar-refractivity contribution is 5.79. The summed E-state index contributed by atoms with van der Waals surface area (Å²) < 4.78 is 13.8. The number of hydrogen-bond donors (Lipinski definition) is 1. The van der Waals surface area contributed by atoms with E-state index in [-0.39, 0.29) is 16.8 Å². The highest BCUT2D eigenvalue weighted by atomic mass is 19.1. The molecule has 0 aliphatic heterocycles. The Labute approximate surface area is 93.1 Å². The average Bonchev–Trinajstić information content (AvgIpc) is 2.14. The van der Waals surface area contributed by atoms with Crippen molar-refractivity contribution in [1.29, 1.82) is 0 Å². The number of pyridine rings is 1. The summed E-state index contributed by atoms with van der Waals surface area (Å²) in [6.07, 6.45) is 0. The molecule has 0 aliphatic carbocycles. The molecular formula is C13H14FNO. The maximum atomic E-state index is 13.8. The summed E-state index contributed by atoms with van der Waals surface area (Å²) >= 11 is 0. The Hall–Kier alpha value is -1.64. The summed E-state index contributed by atoms with van der Waals surface area (Å²) in [4.78, 5) is 13.7. The first kappa shape index (κ1) is 10.9. The van der Waals surface area contributed by atoms with E-state index in [9.17, 15) is 9.18 Å². The highest BCUT2D eigenvalue weighted by Crippen LogP contribution is 2.27. The van der Waals surface area contributed by atoms with Crippen LogP contribution in [0, 0.1) is 5.82 Å². The largest absolute Gasteiger partial charge is 0.322 e. The van der Waals surface area contributed by atoms with Gasteiger partial charge in [-0.2, -0.15) is 0 Å². The summed E-state index contributed by atoms with van der Waals surface area (Å²) in [5.41, 5.74) is 0.745. The van der Waals surface area contributed by atoms with Gasteiger partial charge in [-0.25, -0.2) is 4.39 Å². The average molecular weight is 219 g/mol. The molecule has 84 valence electrons. The van der Waals surface area contributed by atoms with Crippen LogP contribution in [-0.2, 0) is 5.41 Å². The van der Waals surface area contributed by atoms with Crippen LogP contribution in [0.2, 0.25) is 0 Å². The smallest absolute Gasteiger partial charge is 0.248 e. The predicted octanol–water partition coefficient (Wildman–Crippen LogP) is 2.96. The topological polar surface area (TPSA) is 32.9 Å². The van der Waals surface area contributed by atoms with Crippen LogP contribution in [0.25, 0.3) is 10.9 Å². The molecule has 0 amide bonds. The minimum atomic E-state index is -0.276. The molecule has 2 nitrogen and oxygen atoms in total. The Bertz CT molecular complexity index is 593. The number of H-pyrrole nitrogens is 1. The molecule has 16 heavy (non-hydrogen) atoms.